The van der Waals surface area contributed by atoms with E-state index in [0.29, 0.717) is 74.3 Å². The number of hydrogen-bond acceptors (Lipinski definition) is 11. The molecular weight excluding hydrogens is 792 g/mol. The number of aliphatic hydroxyl groups excluding tert-OH is 1. The van der Waals surface area contributed by atoms with E-state index in [-0.39, 0.29) is 24.2 Å². The first-order valence-corrected chi connectivity index (χ1v) is 20.3. The molecule has 0 spiro atoms. The molecule has 1 aromatic heterocycles. The number of hydrogen-bond donors (Lipinski definition) is 4. The summed E-state index contributed by atoms with van der Waals surface area (Å²) < 4.78 is 50.4. The fourth-order valence-corrected chi connectivity index (χ4v) is 7.80. The van der Waals surface area contributed by atoms with Gasteiger partial charge in [-0.05, 0) is 71.6 Å². The van der Waals surface area contributed by atoms with Gasteiger partial charge in [-0.25, -0.2) is 9.59 Å². The summed E-state index contributed by atoms with van der Waals surface area (Å²) in [6.07, 6.45) is -4.39. The Balaban J connectivity index is 0.000000867. The lowest BCUT2D eigenvalue weighted by Gasteiger charge is -2.32. The summed E-state index contributed by atoms with van der Waals surface area (Å²) in [5.41, 5.74) is 3.72. The maximum Gasteiger partial charge on any atom is 0.490 e. The number of carboxylic acid groups (broad SMARTS) is 1. The van der Waals surface area contributed by atoms with Crippen LogP contribution in [0.3, 0.4) is 0 Å². The van der Waals surface area contributed by atoms with Gasteiger partial charge >= 0.3 is 18.2 Å². The average molecular weight is 844 g/mol. The molecule has 2 aliphatic rings. The van der Waals surface area contributed by atoms with E-state index in [1.54, 1.807) is 0 Å². The first kappa shape index (κ1) is 45.1. The summed E-state index contributed by atoms with van der Waals surface area (Å²) in [6.45, 7) is 13.2. The van der Waals surface area contributed by atoms with Crippen LogP contribution < -0.4 is 20.1 Å². The summed E-state index contributed by atoms with van der Waals surface area (Å²) >= 11 is 1.42. The molecule has 2 saturated heterocycles. The van der Waals surface area contributed by atoms with E-state index >= 15 is 0 Å². The minimum Gasteiger partial charge on any atom is -0.486 e. The van der Waals surface area contributed by atoms with E-state index in [0.717, 1.165) is 27.8 Å². The van der Waals surface area contributed by atoms with E-state index in [1.165, 1.54) is 11.3 Å². The second-order valence-corrected chi connectivity index (χ2v) is 16.6. The van der Waals surface area contributed by atoms with Crippen LogP contribution in [0.15, 0.2) is 66.7 Å². The van der Waals surface area contributed by atoms with Crippen molar-refractivity contribution in [3.63, 3.8) is 0 Å². The van der Waals surface area contributed by atoms with Gasteiger partial charge in [0.25, 0.3) is 5.19 Å². The van der Waals surface area contributed by atoms with Gasteiger partial charge in [0.1, 0.15) is 23.0 Å². The highest BCUT2D eigenvalue weighted by Crippen LogP contribution is 2.40. The lowest BCUT2D eigenvalue weighted by molar-refractivity contribution is -0.192. The SMILES string of the molecule is CC(C)Oc1nc2c(OC(C)(C)C)ccc([C@@H](O)CN[C@@H]3CCN(C(=O)CN4CCC(OC(=O)Nc5ccccc5-c5ccccc5)CC4)C3)c2s1.O=C(O)C(F)(F)F. The Labute approximate surface area is 345 Å². The number of rotatable bonds is 12. The first-order chi connectivity index (χ1) is 27.9. The molecule has 6 rings (SSSR count). The number of carboxylic acids is 1. The number of thiazole rings is 1. The monoisotopic (exact) mass is 843 g/mol. The van der Waals surface area contributed by atoms with Crippen LogP contribution in [0.4, 0.5) is 23.7 Å². The lowest BCUT2D eigenvalue weighted by atomic mass is 10.0. The minimum atomic E-state index is -5.08. The number of carbonyl (C=O) groups is 3. The Bertz CT molecular complexity index is 2030. The topological polar surface area (TPSA) is 163 Å². The number of carbonyl (C=O) groups excluding carboxylic acids is 2. The fourth-order valence-electron chi connectivity index (χ4n) is 6.68. The number of anilines is 1. The highest BCUT2D eigenvalue weighted by Gasteiger charge is 2.38. The molecule has 2 amide bonds. The number of ether oxygens (including phenoxy) is 3. The van der Waals surface area contributed by atoms with E-state index in [2.05, 4.69) is 15.5 Å². The fraction of sp³-hybridized carbons (Fsp3) is 0.476. The Morgan fingerprint density at radius 2 is 1.61 bits per heavy atom. The van der Waals surface area contributed by atoms with Gasteiger partial charge < -0.3 is 34.6 Å². The summed E-state index contributed by atoms with van der Waals surface area (Å²) in [5, 5.41) is 25.4. The Morgan fingerprint density at radius 1 is 0.949 bits per heavy atom. The van der Waals surface area contributed by atoms with Crippen molar-refractivity contribution >= 4 is 45.2 Å². The predicted molar refractivity (Wildman–Crippen MR) is 219 cm³/mol. The van der Waals surface area contributed by atoms with Crippen LogP contribution >= 0.6 is 11.3 Å². The van der Waals surface area contributed by atoms with Gasteiger partial charge in [0.05, 0.1) is 29.1 Å². The van der Waals surface area contributed by atoms with E-state index in [4.69, 9.17) is 29.1 Å². The molecule has 320 valence electrons. The van der Waals surface area contributed by atoms with Gasteiger partial charge in [0.15, 0.2) is 0 Å². The van der Waals surface area contributed by atoms with Crippen molar-refractivity contribution < 1.29 is 52.0 Å². The van der Waals surface area contributed by atoms with Crippen molar-refractivity contribution in [2.24, 2.45) is 0 Å². The molecular formula is C42H52F3N5O8S. The molecule has 2 atom stereocenters. The predicted octanol–water partition coefficient (Wildman–Crippen LogP) is 7.50. The average Bonchev–Trinajstić information content (AvgIpc) is 3.82. The molecule has 13 nitrogen and oxygen atoms in total. The number of nitrogens with one attached hydrogen (secondary N) is 2. The Kier molecular flexibility index (Phi) is 15.2. The van der Waals surface area contributed by atoms with E-state index < -0.39 is 29.9 Å². The molecule has 17 heteroatoms. The molecule has 59 heavy (non-hydrogen) atoms. The summed E-state index contributed by atoms with van der Waals surface area (Å²) in [4.78, 5) is 43.7. The van der Waals surface area contributed by atoms with Crippen molar-refractivity contribution in [1.29, 1.82) is 0 Å². The van der Waals surface area contributed by atoms with E-state index in [9.17, 15) is 27.9 Å². The minimum absolute atomic E-state index is 0.0236. The van der Waals surface area contributed by atoms with Gasteiger partial charge in [-0.15, -0.1) is 0 Å². The number of para-hydroxylation sites is 1. The lowest BCUT2D eigenvalue weighted by Crippen LogP contribution is -2.45. The third-order valence-electron chi connectivity index (χ3n) is 9.43. The Morgan fingerprint density at radius 3 is 2.25 bits per heavy atom. The van der Waals surface area contributed by atoms with E-state index in [1.807, 2.05) is 106 Å². The van der Waals surface area contributed by atoms with Crippen LogP contribution in [0.5, 0.6) is 10.9 Å². The number of nitrogens with zero attached hydrogens (tertiary/aromatic N) is 3. The van der Waals surface area contributed by atoms with Gasteiger partial charge in [-0.3, -0.25) is 15.0 Å². The smallest absolute Gasteiger partial charge is 0.486 e. The van der Waals surface area contributed by atoms with Crippen molar-refractivity contribution in [1.82, 2.24) is 20.1 Å². The number of aliphatic hydroxyl groups is 1. The van der Waals surface area contributed by atoms with Crippen LogP contribution in [0, 0.1) is 0 Å². The Hall–Kier alpha value is -4.97. The van der Waals surface area contributed by atoms with Gasteiger partial charge in [0, 0.05) is 49.9 Å². The van der Waals surface area contributed by atoms with Crippen molar-refractivity contribution in [3.05, 3.63) is 72.3 Å². The molecule has 0 bridgehead atoms. The molecule has 4 N–H and O–H groups in total. The molecule has 2 fully saturated rings. The number of benzene rings is 3. The molecule has 2 aliphatic heterocycles. The standard InChI is InChI=1S/C40H51N5O6S.C2HF3O2/c1-26(2)49-39-43-36-34(51-40(3,4)5)16-15-31(37(36)52-39)33(46)23-41-28-17-22-45(24-28)35(47)25-44-20-18-29(19-21-44)50-38(48)42-32-14-10-9-13-30(32)27-11-7-6-8-12-27;3-2(4,5)1(6)7/h6-16,26,28-29,33,41,46H,17-25H2,1-5H3,(H,42,48);(H,6,7)/t28-,33+;/m1./s1. The van der Waals surface area contributed by atoms with Gasteiger partial charge in [-0.1, -0.05) is 65.9 Å². The number of aliphatic carboxylic acids is 1. The van der Waals surface area contributed by atoms with Crippen molar-refractivity contribution in [3.8, 4) is 22.1 Å². The normalized spacial score (nSPS) is 17.0. The van der Waals surface area contributed by atoms with Crippen LogP contribution in [-0.4, -0.2) is 112 Å². The third-order valence-corrected chi connectivity index (χ3v) is 10.4. The maximum absolute atomic E-state index is 13.3. The number of halogens is 3. The molecule has 4 aromatic rings. The molecule has 0 aliphatic carbocycles. The molecule has 3 heterocycles. The number of likely N-dealkylation sites (tertiary alicyclic amines) is 2. The number of amides is 2. The maximum atomic E-state index is 13.3. The van der Waals surface area contributed by atoms with Crippen molar-refractivity contribution in [2.75, 3.05) is 44.6 Å². The van der Waals surface area contributed by atoms with Gasteiger partial charge in [-0.2, -0.15) is 18.2 Å². The first-order valence-electron chi connectivity index (χ1n) is 19.5. The van der Waals surface area contributed by atoms with Crippen LogP contribution in [-0.2, 0) is 14.3 Å². The van der Waals surface area contributed by atoms with Crippen LogP contribution in [0.2, 0.25) is 0 Å². The quantitative estimate of drug-likeness (QED) is 0.112. The summed E-state index contributed by atoms with van der Waals surface area (Å²) in [6, 6.07) is 21.5. The second-order valence-electron chi connectivity index (χ2n) is 15.7. The molecule has 0 saturated carbocycles. The largest absolute Gasteiger partial charge is 0.490 e. The molecule has 0 radical (unpaired) electrons. The van der Waals surface area contributed by atoms with Crippen molar-refractivity contribution in [2.45, 2.75) is 90.0 Å². The number of fused-ring (bicyclic) bond motifs is 1. The van der Waals surface area contributed by atoms with Gasteiger partial charge in [0.2, 0.25) is 5.91 Å². The van der Waals surface area contributed by atoms with Crippen LogP contribution in [0.25, 0.3) is 21.3 Å². The number of piperidine rings is 1. The zero-order valence-electron chi connectivity index (χ0n) is 33.8. The molecule has 3 aromatic carbocycles. The highest BCUT2D eigenvalue weighted by atomic mass is 32.1. The zero-order chi connectivity index (χ0) is 42.9. The van der Waals surface area contributed by atoms with Crippen LogP contribution in [0.1, 0.15) is 65.5 Å². The summed E-state index contributed by atoms with van der Waals surface area (Å²) in [7, 11) is 0. The number of alkyl halides is 3. The molecule has 0 unspecified atom stereocenters. The second kappa shape index (κ2) is 19.9. The summed E-state index contributed by atoms with van der Waals surface area (Å²) in [5.74, 6) is -2.00. The highest BCUT2D eigenvalue weighted by molar-refractivity contribution is 7.20. The zero-order valence-corrected chi connectivity index (χ0v) is 34.6. The number of aromatic nitrogens is 1. The third kappa shape index (κ3) is 13.3.